The summed E-state index contributed by atoms with van der Waals surface area (Å²) >= 11 is 0. The van der Waals surface area contributed by atoms with Gasteiger partial charge in [0, 0.05) is 12.6 Å². The molecule has 8 heteroatoms. The normalized spacial score (nSPS) is 9.65. The summed E-state index contributed by atoms with van der Waals surface area (Å²) in [5.74, 6) is -0.101. The molecule has 106 valence electrons. The monoisotopic (exact) mass is 278 g/mol. The number of nitrogens with zero attached hydrogens (tertiary/aromatic N) is 4. The molecule has 0 saturated heterocycles. The second kappa shape index (κ2) is 7.04. The first-order valence-corrected chi connectivity index (χ1v) is 5.99. The summed E-state index contributed by atoms with van der Waals surface area (Å²) in [6, 6.07) is 4.29. The van der Waals surface area contributed by atoms with Gasteiger partial charge in [0.15, 0.2) is 0 Å². The second-order valence-electron chi connectivity index (χ2n) is 3.73. The highest BCUT2D eigenvalue weighted by molar-refractivity contribution is 5.75. The van der Waals surface area contributed by atoms with Gasteiger partial charge < -0.3 is 9.64 Å². The summed E-state index contributed by atoms with van der Waals surface area (Å²) in [5.41, 5.74) is -0.641. The van der Waals surface area contributed by atoms with E-state index < -0.39 is 10.9 Å². The molecule has 0 spiro atoms. The number of rotatable bonds is 6. The Balaban J connectivity index is 3.02. The number of likely N-dealkylation sites (N-methyl/N-ethyl adjacent to an activating group) is 1. The Labute approximate surface area is 115 Å². The lowest BCUT2D eigenvalue weighted by molar-refractivity contribution is -0.385. The topological polar surface area (TPSA) is 109 Å². The lowest BCUT2D eigenvalue weighted by Crippen LogP contribution is -2.31. The Bertz CT molecular complexity index is 553. The smallest absolute Gasteiger partial charge is 0.325 e. The summed E-state index contributed by atoms with van der Waals surface area (Å²) in [4.78, 5) is 27.0. The van der Waals surface area contributed by atoms with Crippen molar-refractivity contribution in [1.29, 1.82) is 5.26 Å². The molecule has 1 aromatic heterocycles. The number of hydrogen-bond acceptors (Lipinski definition) is 7. The third-order valence-electron chi connectivity index (χ3n) is 2.49. The van der Waals surface area contributed by atoms with Crippen LogP contribution in [0.25, 0.3) is 0 Å². The van der Waals surface area contributed by atoms with Crippen molar-refractivity contribution in [3.8, 4) is 6.07 Å². The predicted molar refractivity (Wildman–Crippen MR) is 70.1 cm³/mol. The maximum atomic E-state index is 11.5. The van der Waals surface area contributed by atoms with Gasteiger partial charge in [-0.05, 0) is 19.9 Å². The van der Waals surface area contributed by atoms with E-state index in [0.29, 0.717) is 12.4 Å². The highest BCUT2D eigenvalue weighted by Crippen LogP contribution is 2.20. The highest BCUT2D eigenvalue weighted by Gasteiger charge is 2.19. The number of carbonyl (C=O) groups excluding carboxylic acids is 1. The van der Waals surface area contributed by atoms with Crippen LogP contribution in [-0.4, -0.2) is 35.6 Å². The number of hydrogen-bond donors (Lipinski definition) is 0. The van der Waals surface area contributed by atoms with Crippen molar-refractivity contribution in [2.45, 2.75) is 13.8 Å². The van der Waals surface area contributed by atoms with Crippen LogP contribution < -0.4 is 4.90 Å². The second-order valence-corrected chi connectivity index (χ2v) is 3.73. The quantitative estimate of drug-likeness (QED) is 0.437. The molecule has 0 amide bonds. The lowest BCUT2D eigenvalue weighted by atomic mass is 10.3. The van der Waals surface area contributed by atoms with Gasteiger partial charge in [-0.1, -0.05) is 0 Å². The van der Waals surface area contributed by atoms with Crippen molar-refractivity contribution in [3.05, 3.63) is 27.9 Å². The molecule has 0 fully saturated rings. The van der Waals surface area contributed by atoms with Crippen molar-refractivity contribution < 1.29 is 14.5 Å². The summed E-state index contributed by atoms with van der Waals surface area (Å²) in [6.07, 6.45) is 0. The van der Waals surface area contributed by atoms with Gasteiger partial charge in [0.2, 0.25) is 5.69 Å². The molecule has 0 N–H and O–H groups in total. The van der Waals surface area contributed by atoms with Crippen LogP contribution in [0.1, 0.15) is 19.5 Å². The van der Waals surface area contributed by atoms with E-state index in [0.717, 1.165) is 0 Å². The van der Waals surface area contributed by atoms with Gasteiger partial charge in [-0.3, -0.25) is 14.9 Å². The van der Waals surface area contributed by atoms with E-state index in [-0.39, 0.29) is 24.5 Å². The molecule has 0 bridgehead atoms. The van der Waals surface area contributed by atoms with Gasteiger partial charge in [-0.15, -0.1) is 0 Å². The highest BCUT2D eigenvalue weighted by atomic mass is 16.6. The number of nitro groups is 1. The van der Waals surface area contributed by atoms with E-state index >= 15 is 0 Å². The third kappa shape index (κ3) is 3.65. The number of pyridine rings is 1. The zero-order valence-corrected chi connectivity index (χ0v) is 11.2. The van der Waals surface area contributed by atoms with E-state index in [2.05, 4.69) is 4.98 Å². The number of esters is 1. The molecule has 0 aliphatic heterocycles. The Hall–Kier alpha value is -2.69. The molecule has 0 radical (unpaired) electrons. The predicted octanol–water partition coefficient (Wildman–Crippen LogP) is 1.25. The first kappa shape index (κ1) is 15.4. The Morgan fingerprint density at radius 2 is 2.25 bits per heavy atom. The molecule has 0 aliphatic rings. The summed E-state index contributed by atoms with van der Waals surface area (Å²) in [7, 11) is 0. The van der Waals surface area contributed by atoms with Crippen LogP contribution in [0.4, 0.5) is 11.5 Å². The van der Waals surface area contributed by atoms with E-state index in [1.54, 1.807) is 24.8 Å². The van der Waals surface area contributed by atoms with E-state index in [4.69, 9.17) is 10.00 Å². The molecule has 0 unspecified atom stereocenters. The van der Waals surface area contributed by atoms with Crippen molar-refractivity contribution in [3.63, 3.8) is 0 Å². The lowest BCUT2D eigenvalue weighted by Gasteiger charge is -2.20. The van der Waals surface area contributed by atoms with E-state index in [1.165, 1.54) is 12.1 Å². The average Bonchev–Trinajstić information content (AvgIpc) is 2.44. The van der Waals surface area contributed by atoms with Crippen molar-refractivity contribution in [1.82, 2.24) is 4.98 Å². The molecule has 0 saturated carbocycles. The Kier molecular flexibility index (Phi) is 5.41. The largest absolute Gasteiger partial charge is 0.465 e. The number of aromatic nitrogens is 1. The average molecular weight is 278 g/mol. The van der Waals surface area contributed by atoms with Crippen LogP contribution in [0.2, 0.25) is 0 Å². The van der Waals surface area contributed by atoms with Crippen molar-refractivity contribution in [2.24, 2.45) is 0 Å². The molecule has 8 nitrogen and oxygen atoms in total. The molecular weight excluding hydrogens is 264 g/mol. The molecular formula is C12H14N4O4. The van der Waals surface area contributed by atoms with Crippen molar-refractivity contribution >= 4 is 17.5 Å². The van der Waals surface area contributed by atoms with Gasteiger partial charge in [0.25, 0.3) is 0 Å². The van der Waals surface area contributed by atoms with Gasteiger partial charge in [-0.25, -0.2) is 4.98 Å². The van der Waals surface area contributed by atoms with Gasteiger partial charge in [-0.2, -0.15) is 5.26 Å². The Morgan fingerprint density at radius 3 is 2.75 bits per heavy atom. The standard InChI is InChI=1S/C12H14N4O4/c1-3-15(8-12(17)20-4-2)11-6-5-10(16(18)19)9(7-13)14-11/h5-6H,3-4,8H2,1-2H3. The molecule has 1 rings (SSSR count). The fourth-order valence-corrected chi connectivity index (χ4v) is 1.56. The van der Waals surface area contributed by atoms with Crippen LogP contribution >= 0.6 is 0 Å². The Morgan fingerprint density at radius 1 is 1.55 bits per heavy atom. The fraction of sp³-hybridized carbons (Fsp3) is 0.417. The first-order valence-electron chi connectivity index (χ1n) is 5.99. The fourth-order valence-electron chi connectivity index (χ4n) is 1.56. The minimum Gasteiger partial charge on any atom is -0.465 e. The van der Waals surface area contributed by atoms with Crippen LogP contribution in [0, 0.1) is 21.4 Å². The van der Waals surface area contributed by atoms with Gasteiger partial charge >= 0.3 is 11.7 Å². The van der Waals surface area contributed by atoms with E-state index in [9.17, 15) is 14.9 Å². The molecule has 0 atom stereocenters. The molecule has 0 aromatic carbocycles. The molecule has 0 aliphatic carbocycles. The van der Waals surface area contributed by atoms with Gasteiger partial charge in [0.05, 0.1) is 11.5 Å². The summed E-state index contributed by atoms with van der Waals surface area (Å²) < 4.78 is 4.83. The minimum absolute atomic E-state index is 0.0278. The van der Waals surface area contributed by atoms with Crippen LogP contribution in [0.3, 0.4) is 0 Å². The van der Waals surface area contributed by atoms with Crippen LogP contribution in [0.15, 0.2) is 12.1 Å². The number of nitriles is 1. The van der Waals surface area contributed by atoms with Gasteiger partial charge in [0.1, 0.15) is 18.4 Å². The minimum atomic E-state index is -0.670. The van der Waals surface area contributed by atoms with Crippen molar-refractivity contribution in [2.75, 3.05) is 24.6 Å². The first-order chi connectivity index (χ1) is 9.53. The SMILES string of the molecule is CCOC(=O)CN(CC)c1ccc([N+](=O)[O-])c(C#N)n1. The van der Waals surface area contributed by atoms with Crippen LogP contribution in [-0.2, 0) is 9.53 Å². The zero-order chi connectivity index (χ0) is 15.1. The number of anilines is 1. The van der Waals surface area contributed by atoms with E-state index in [1.807, 2.05) is 0 Å². The summed E-state index contributed by atoms with van der Waals surface area (Å²) in [6.45, 7) is 4.20. The number of carbonyl (C=O) groups is 1. The van der Waals surface area contributed by atoms with Crippen LogP contribution in [0.5, 0.6) is 0 Å². The molecule has 1 heterocycles. The molecule has 1 aromatic rings. The number of ether oxygens (including phenoxy) is 1. The summed E-state index contributed by atoms with van der Waals surface area (Å²) in [5, 5.41) is 19.6. The maximum Gasteiger partial charge on any atom is 0.325 e. The molecule has 20 heavy (non-hydrogen) atoms. The zero-order valence-electron chi connectivity index (χ0n) is 11.2. The maximum absolute atomic E-state index is 11.5. The third-order valence-corrected chi connectivity index (χ3v) is 2.49.